The van der Waals surface area contributed by atoms with E-state index in [2.05, 4.69) is 27.4 Å². The summed E-state index contributed by atoms with van der Waals surface area (Å²) in [5.41, 5.74) is 0. The van der Waals surface area contributed by atoms with E-state index in [-0.39, 0.29) is 12.1 Å². The van der Waals surface area contributed by atoms with E-state index in [1.165, 1.54) is 30.4 Å². The highest BCUT2D eigenvalue weighted by Gasteiger charge is 2.33. The third-order valence-corrected chi connectivity index (χ3v) is 6.01. The molecule has 1 aliphatic heterocycles. The van der Waals surface area contributed by atoms with Crippen molar-refractivity contribution in [3.05, 3.63) is 11.1 Å². The minimum Gasteiger partial charge on any atom is -0.318 e. The van der Waals surface area contributed by atoms with Gasteiger partial charge in [-0.2, -0.15) is 0 Å². The Labute approximate surface area is 147 Å². The van der Waals surface area contributed by atoms with E-state index in [9.17, 15) is 9.59 Å². The predicted octanol–water partition coefficient (Wildman–Crippen LogP) is 3.12. The number of thiazole rings is 1. The van der Waals surface area contributed by atoms with E-state index in [0.717, 1.165) is 51.0 Å². The standard InChI is InChI=1S/C17H26N4O2S/c1-12-2-4-13(5-3-12)21(14-6-8-18-9-7-14)17(23)20-16-19-10-15(11-22)24-16/h10-14,18H,2-9H2,1H3,(H,19,20,23). The predicted molar refractivity (Wildman–Crippen MR) is 95.7 cm³/mol. The average molecular weight is 350 g/mol. The molecule has 0 aromatic carbocycles. The maximum atomic E-state index is 13.0. The number of urea groups is 1. The van der Waals surface area contributed by atoms with Crippen LogP contribution in [0.2, 0.25) is 0 Å². The van der Waals surface area contributed by atoms with Crippen LogP contribution >= 0.6 is 11.3 Å². The number of carbonyl (C=O) groups is 2. The first-order valence-corrected chi connectivity index (χ1v) is 9.70. The number of anilines is 1. The summed E-state index contributed by atoms with van der Waals surface area (Å²) in [6.45, 7) is 4.22. The molecule has 2 fully saturated rings. The SMILES string of the molecule is CC1CCC(N(C(=O)Nc2ncc(C=O)s2)C2CCNCC2)CC1. The second kappa shape index (κ2) is 8.07. The molecule has 2 N–H and O–H groups in total. The second-order valence-corrected chi connectivity index (χ2v) is 7.98. The van der Waals surface area contributed by atoms with E-state index >= 15 is 0 Å². The summed E-state index contributed by atoms with van der Waals surface area (Å²) in [7, 11) is 0. The zero-order chi connectivity index (χ0) is 16.9. The number of hydrogen-bond donors (Lipinski definition) is 2. The van der Waals surface area contributed by atoms with Crippen molar-refractivity contribution < 1.29 is 9.59 Å². The van der Waals surface area contributed by atoms with E-state index in [4.69, 9.17) is 0 Å². The zero-order valence-electron chi connectivity index (χ0n) is 14.2. The maximum Gasteiger partial charge on any atom is 0.324 e. The van der Waals surface area contributed by atoms with Crippen molar-refractivity contribution in [1.82, 2.24) is 15.2 Å². The molecule has 3 rings (SSSR count). The summed E-state index contributed by atoms with van der Waals surface area (Å²) in [5.74, 6) is 0.758. The van der Waals surface area contributed by atoms with E-state index in [1.807, 2.05) is 0 Å². The van der Waals surface area contributed by atoms with Gasteiger partial charge in [-0.25, -0.2) is 9.78 Å². The van der Waals surface area contributed by atoms with Crippen molar-refractivity contribution in [1.29, 1.82) is 0 Å². The molecule has 1 saturated heterocycles. The molecule has 7 heteroatoms. The van der Waals surface area contributed by atoms with Crippen LogP contribution in [0.25, 0.3) is 0 Å². The Morgan fingerprint density at radius 2 is 1.92 bits per heavy atom. The van der Waals surface area contributed by atoms with Crippen LogP contribution in [0.15, 0.2) is 6.20 Å². The summed E-state index contributed by atoms with van der Waals surface area (Å²) >= 11 is 1.22. The Hall–Kier alpha value is -1.47. The van der Waals surface area contributed by atoms with Gasteiger partial charge in [-0.05, 0) is 57.5 Å². The Balaban J connectivity index is 1.72. The summed E-state index contributed by atoms with van der Waals surface area (Å²) in [4.78, 5) is 30.5. The number of carbonyl (C=O) groups excluding carboxylic acids is 2. The molecule has 2 aliphatic rings. The summed E-state index contributed by atoms with van der Waals surface area (Å²) in [5, 5.41) is 6.79. The van der Waals surface area contributed by atoms with Crippen LogP contribution in [0.5, 0.6) is 0 Å². The highest BCUT2D eigenvalue weighted by atomic mass is 32.1. The van der Waals surface area contributed by atoms with Gasteiger partial charge in [-0.15, -0.1) is 0 Å². The lowest BCUT2D eigenvalue weighted by atomic mass is 9.85. The van der Waals surface area contributed by atoms with Crippen molar-refractivity contribution in [2.45, 2.75) is 57.5 Å². The molecule has 1 aromatic heterocycles. The first-order valence-electron chi connectivity index (χ1n) is 8.88. The summed E-state index contributed by atoms with van der Waals surface area (Å²) in [6.07, 6.45) is 8.79. The molecule has 132 valence electrons. The molecule has 24 heavy (non-hydrogen) atoms. The van der Waals surface area contributed by atoms with E-state index < -0.39 is 0 Å². The maximum absolute atomic E-state index is 13.0. The highest BCUT2D eigenvalue weighted by Crippen LogP contribution is 2.30. The first kappa shape index (κ1) is 17.4. The molecule has 0 spiro atoms. The van der Waals surface area contributed by atoms with Crippen LogP contribution < -0.4 is 10.6 Å². The lowest BCUT2D eigenvalue weighted by Gasteiger charge is -2.42. The number of nitrogens with one attached hydrogen (secondary N) is 2. The van der Waals surface area contributed by atoms with E-state index in [0.29, 0.717) is 16.1 Å². The fourth-order valence-corrected chi connectivity index (χ4v) is 4.41. The van der Waals surface area contributed by atoms with Crippen molar-refractivity contribution in [3.63, 3.8) is 0 Å². The molecule has 0 atom stereocenters. The van der Waals surface area contributed by atoms with Crippen LogP contribution in [0, 0.1) is 5.92 Å². The Bertz CT molecular complexity index is 563. The fourth-order valence-electron chi connectivity index (χ4n) is 3.79. The normalized spacial score (nSPS) is 25.2. The Morgan fingerprint density at radius 1 is 1.25 bits per heavy atom. The number of amides is 2. The van der Waals surface area contributed by atoms with Gasteiger partial charge in [0.05, 0.1) is 11.1 Å². The van der Waals surface area contributed by atoms with E-state index in [1.54, 1.807) is 0 Å². The van der Waals surface area contributed by atoms with Crippen LogP contribution in [-0.4, -0.2) is 47.4 Å². The number of piperidine rings is 1. The van der Waals surface area contributed by atoms with Crippen molar-refractivity contribution in [2.75, 3.05) is 18.4 Å². The van der Waals surface area contributed by atoms with Crippen LogP contribution in [0.4, 0.5) is 9.93 Å². The molecule has 6 nitrogen and oxygen atoms in total. The molecule has 2 heterocycles. The number of hydrogen-bond acceptors (Lipinski definition) is 5. The lowest BCUT2D eigenvalue weighted by molar-refractivity contribution is 0.108. The van der Waals surface area contributed by atoms with Gasteiger partial charge in [0.25, 0.3) is 0 Å². The van der Waals surface area contributed by atoms with Gasteiger partial charge < -0.3 is 10.2 Å². The molecule has 0 bridgehead atoms. The molecule has 1 aromatic rings. The van der Waals surface area contributed by atoms with Crippen LogP contribution in [0.1, 0.15) is 55.1 Å². The largest absolute Gasteiger partial charge is 0.324 e. The Kier molecular flexibility index (Phi) is 5.84. The third-order valence-electron chi connectivity index (χ3n) is 5.17. The van der Waals surface area contributed by atoms with Gasteiger partial charge in [0, 0.05) is 12.1 Å². The van der Waals surface area contributed by atoms with Gasteiger partial charge in [0.1, 0.15) is 0 Å². The quantitative estimate of drug-likeness (QED) is 0.818. The van der Waals surface area contributed by atoms with Crippen molar-refractivity contribution >= 4 is 28.8 Å². The van der Waals surface area contributed by atoms with Crippen molar-refractivity contribution in [3.8, 4) is 0 Å². The Morgan fingerprint density at radius 3 is 2.54 bits per heavy atom. The van der Waals surface area contributed by atoms with Crippen LogP contribution in [0.3, 0.4) is 0 Å². The number of nitrogens with zero attached hydrogens (tertiary/aromatic N) is 2. The monoisotopic (exact) mass is 350 g/mol. The minimum atomic E-state index is -0.0618. The molecular formula is C17H26N4O2S. The molecule has 2 amide bonds. The lowest BCUT2D eigenvalue weighted by Crippen LogP contribution is -2.53. The van der Waals surface area contributed by atoms with Crippen molar-refractivity contribution in [2.24, 2.45) is 5.92 Å². The van der Waals surface area contributed by atoms with Crippen LogP contribution in [-0.2, 0) is 0 Å². The molecule has 1 aliphatic carbocycles. The van der Waals surface area contributed by atoms with Gasteiger partial charge in [0.2, 0.25) is 0 Å². The molecule has 0 unspecified atom stereocenters. The average Bonchev–Trinajstić information content (AvgIpc) is 3.05. The van der Waals surface area contributed by atoms with Gasteiger partial charge in [0.15, 0.2) is 11.4 Å². The summed E-state index contributed by atoms with van der Waals surface area (Å²) in [6, 6.07) is 0.540. The number of aromatic nitrogens is 1. The third kappa shape index (κ3) is 4.13. The van der Waals surface area contributed by atoms with Gasteiger partial charge in [-0.1, -0.05) is 18.3 Å². The van der Waals surface area contributed by atoms with Gasteiger partial charge in [-0.3, -0.25) is 10.1 Å². The number of rotatable bonds is 4. The first-order chi connectivity index (χ1) is 11.7. The zero-order valence-corrected chi connectivity index (χ0v) is 15.0. The molecule has 1 saturated carbocycles. The number of aldehydes is 1. The fraction of sp³-hybridized carbons (Fsp3) is 0.706. The van der Waals surface area contributed by atoms with Gasteiger partial charge >= 0.3 is 6.03 Å². The molecule has 0 radical (unpaired) electrons. The smallest absolute Gasteiger partial charge is 0.318 e. The minimum absolute atomic E-state index is 0.0618. The second-order valence-electron chi connectivity index (χ2n) is 6.92. The topological polar surface area (TPSA) is 74.3 Å². The highest BCUT2D eigenvalue weighted by molar-refractivity contribution is 7.17. The summed E-state index contributed by atoms with van der Waals surface area (Å²) < 4.78 is 0. The molecular weight excluding hydrogens is 324 g/mol.